The summed E-state index contributed by atoms with van der Waals surface area (Å²) in [5.41, 5.74) is 0. The second kappa shape index (κ2) is 4.92. The first-order valence-corrected chi connectivity index (χ1v) is 6.64. The predicted molar refractivity (Wildman–Crippen MR) is 66.7 cm³/mol. The molecule has 0 spiro atoms. The van der Waals surface area contributed by atoms with Crippen molar-refractivity contribution in [3.8, 4) is 0 Å². The largest absolute Gasteiger partial charge is 0.340 e. The minimum Gasteiger partial charge on any atom is -0.340 e. The zero-order valence-electron chi connectivity index (χ0n) is 10.4. The molecule has 2 atom stereocenters. The molecule has 1 aliphatic carbocycles. The van der Waals surface area contributed by atoms with Crippen molar-refractivity contribution in [1.29, 1.82) is 0 Å². The maximum Gasteiger partial charge on any atom is 0.226 e. The van der Waals surface area contributed by atoms with Crippen LogP contribution in [0.3, 0.4) is 0 Å². The summed E-state index contributed by atoms with van der Waals surface area (Å²) in [6, 6.07) is 0.253. The molecule has 0 N–H and O–H groups in total. The van der Waals surface area contributed by atoms with Gasteiger partial charge in [-0.3, -0.25) is 4.79 Å². The van der Waals surface area contributed by atoms with Gasteiger partial charge in [0.15, 0.2) is 0 Å². The van der Waals surface area contributed by atoms with Crippen LogP contribution in [0.4, 0.5) is 0 Å². The predicted octanol–water partition coefficient (Wildman–Crippen LogP) is 1.41. The molecule has 96 valence electrons. The number of rotatable bonds is 2. The highest BCUT2D eigenvalue weighted by Crippen LogP contribution is 2.26. The second-order valence-electron chi connectivity index (χ2n) is 5.06. The molecule has 1 amide bonds. The molecule has 1 aliphatic heterocycles. The third kappa shape index (κ3) is 2.17. The Morgan fingerprint density at radius 1 is 1.17 bits per heavy atom. The molecule has 0 unspecified atom stereocenters. The smallest absolute Gasteiger partial charge is 0.226 e. The highest BCUT2D eigenvalue weighted by Gasteiger charge is 2.32. The van der Waals surface area contributed by atoms with Crippen LogP contribution in [-0.2, 0) is 4.79 Å². The van der Waals surface area contributed by atoms with Crippen molar-refractivity contribution in [3.63, 3.8) is 0 Å². The van der Waals surface area contributed by atoms with Crippen LogP contribution < -0.4 is 0 Å². The van der Waals surface area contributed by atoms with Gasteiger partial charge in [0.2, 0.25) is 5.91 Å². The van der Waals surface area contributed by atoms with Crippen molar-refractivity contribution in [2.24, 2.45) is 5.92 Å². The van der Waals surface area contributed by atoms with Crippen LogP contribution in [0.15, 0.2) is 24.5 Å². The van der Waals surface area contributed by atoms with Crippen LogP contribution in [0, 0.1) is 5.92 Å². The zero-order valence-corrected chi connectivity index (χ0v) is 10.4. The van der Waals surface area contributed by atoms with Gasteiger partial charge in [-0.2, -0.15) is 15.0 Å². The zero-order chi connectivity index (χ0) is 12.4. The third-order valence-electron chi connectivity index (χ3n) is 3.86. The first kappa shape index (κ1) is 11.4. The second-order valence-corrected chi connectivity index (χ2v) is 5.06. The molecule has 1 fully saturated rings. The molecule has 5 heteroatoms. The number of allylic oxidation sites excluding steroid dienone is 2. The van der Waals surface area contributed by atoms with Crippen LogP contribution in [-0.4, -0.2) is 38.9 Å². The number of nitrogens with zero attached hydrogens (tertiary/aromatic N) is 4. The molecule has 18 heavy (non-hydrogen) atoms. The number of likely N-dealkylation sites (tertiary alicyclic amines) is 1. The third-order valence-corrected chi connectivity index (χ3v) is 3.86. The molecule has 0 saturated carbocycles. The Morgan fingerprint density at radius 2 is 2.00 bits per heavy atom. The lowest BCUT2D eigenvalue weighted by molar-refractivity contribution is -0.134. The lowest BCUT2D eigenvalue weighted by Gasteiger charge is -2.24. The average Bonchev–Trinajstić information content (AvgIpc) is 3.09. The van der Waals surface area contributed by atoms with Crippen LogP contribution in [0.1, 0.15) is 31.7 Å². The summed E-state index contributed by atoms with van der Waals surface area (Å²) >= 11 is 0. The summed E-state index contributed by atoms with van der Waals surface area (Å²) in [5.74, 6) is 0.508. The number of carbonyl (C=O) groups excluding carboxylic acids is 1. The minimum absolute atomic E-state index is 0.194. The van der Waals surface area contributed by atoms with Gasteiger partial charge in [0, 0.05) is 19.0 Å². The topological polar surface area (TPSA) is 51.0 Å². The molecule has 0 radical (unpaired) electrons. The number of carbonyl (C=O) groups is 1. The Bertz CT molecular complexity index is 440. The molecule has 1 aromatic rings. The van der Waals surface area contributed by atoms with Gasteiger partial charge in [-0.1, -0.05) is 12.2 Å². The van der Waals surface area contributed by atoms with E-state index in [2.05, 4.69) is 22.3 Å². The van der Waals surface area contributed by atoms with E-state index < -0.39 is 0 Å². The van der Waals surface area contributed by atoms with E-state index >= 15 is 0 Å². The lowest BCUT2D eigenvalue weighted by atomic mass is 9.93. The van der Waals surface area contributed by atoms with Crippen LogP contribution in [0.2, 0.25) is 0 Å². The lowest BCUT2D eigenvalue weighted by Crippen LogP contribution is -2.35. The molecular formula is C13H18N4O. The molecule has 5 nitrogen and oxygen atoms in total. The van der Waals surface area contributed by atoms with Gasteiger partial charge in [0.1, 0.15) is 0 Å². The molecule has 2 heterocycles. The van der Waals surface area contributed by atoms with E-state index in [1.165, 1.54) is 0 Å². The van der Waals surface area contributed by atoms with Crippen molar-refractivity contribution >= 4 is 5.91 Å². The standard InChI is InChI=1S/C13H18N4O/c18-13(11-4-2-1-3-5-11)16-9-6-12(10-16)17-14-7-8-15-17/h1-2,7-8,11-12H,3-6,9-10H2/t11-,12-/m0/s1. The number of hydrogen-bond acceptors (Lipinski definition) is 3. The molecule has 0 aromatic carbocycles. The summed E-state index contributed by atoms with van der Waals surface area (Å²) in [5, 5.41) is 8.32. The van der Waals surface area contributed by atoms with Gasteiger partial charge in [0.25, 0.3) is 0 Å². The Hall–Kier alpha value is -1.65. The molecule has 1 aromatic heterocycles. The van der Waals surface area contributed by atoms with Crippen molar-refractivity contribution in [1.82, 2.24) is 19.9 Å². The van der Waals surface area contributed by atoms with E-state index in [4.69, 9.17) is 0 Å². The fourth-order valence-electron chi connectivity index (χ4n) is 2.82. The van der Waals surface area contributed by atoms with Crippen molar-refractivity contribution in [3.05, 3.63) is 24.5 Å². The summed E-state index contributed by atoms with van der Waals surface area (Å²) in [6.45, 7) is 1.60. The molecular weight excluding hydrogens is 228 g/mol. The van der Waals surface area contributed by atoms with Crippen LogP contribution in [0.5, 0.6) is 0 Å². The van der Waals surface area contributed by atoms with E-state index in [0.717, 1.165) is 38.8 Å². The van der Waals surface area contributed by atoms with Crippen molar-refractivity contribution in [2.45, 2.75) is 31.7 Å². The van der Waals surface area contributed by atoms with E-state index in [-0.39, 0.29) is 12.0 Å². The van der Waals surface area contributed by atoms with Crippen LogP contribution in [0.25, 0.3) is 0 Å². The Labute approximate surface area is 106 Å². The Balaban J connectivity index is 1.61. The summed E-state index contributed by atoms with van der Waals surface area (Å²) in [7, 11) is 0. The van der Waals surface area contributed by atoms with E-state index in [1.807, 2.05) is 4.90 Å². The number of hydrogen-bond donors (Lipinski definition) is 0. The number of amides is 1. The van der Waals surface area contributed by atoms with E-state index in [1.54, 1.807) is 17.2 Å². The molecule has 3 rings (SSSR count). The highest BCUT2D eigenvalue weighted by molar-refractivity contribution is 5.79. The highest BCUT2D eigenvalue weighted by atomic mass is 16.2. The monoisotopic (exact) mass is 246 g/mol. The normalized spacial score (nSPS) is 27.7. The maximum absolute atomic E-state index is 12.4. The van der Waals surface area contributed by atoms with E-state index in [0.29, 0.717) is 5.91 Å². The fourth-order valence-corrected chi connectivity index (χ4v) is 2.82. The van der Waals surface area contributed by atoms with Gasteiger partial charge in [-0.05, 0) is 25.7 Å². The SMILES string of the molecule is O=C([C@H]1CC=CCC1)N1CC[C@H](n2nccn2)C1. The Kier molecular flexibility index (Phi) is 3.13. The Morgan fingerprint density at radius 3 is 2.72 bits per heavy atom. The van der Waals surface area contributed by atoms with Gasteiger partial charge in [-0.15, -0.1) is 0 Å². The van der Waals surface area contributed by atoms with Crippen LogP contribution >= 0.6 is 0 Å². The summed E-state index contributed by atoms with van der Waals surface area (Å²) in [4.78, 5) is 16.1. The first-order valence-electron chi connectivity index (χ1n) is 6.64. The van der Waals surface area contributed by atoms with E-state index in [9.17, 15) is 4.79 Å². The average molecular weight is 246 g/mol. The maximum atomic E-state index is 12.4. The molecule has 1 saturated heterocycles. The molecule has 0 bridgehead atoms. The van der Waals surface area contributed by atoms with Gasteiger partial charge in [-0.25, -0.2) is 0 Å². The van der Waals surface area contributed by atoms with Gasteiger partial charge >= 0.3 is 0 Å². The minimum atomic E-state index is 0.194. The summed E-state index contributed by atoms with van der Waals surface area (Å²) in [6.07, 6.45) is 11.6. The van der Waals surface area contributed by atoms with Gasteiger partial charge in [0.05, 0.1) is 18.4 Å². The van der Waals surface area contributed by atoms with Gasteiger partial charge < -0.3 is 4.90 Å². The summed E-state index contributed by atoms with van der Waals surface area (Å²) < 4.78 is 0. The van der Waals surface area contributed by atoms with Crippen molar-refractivity contribution in [2.75, 3.05) is 13.1 Å². The number of aromatic nitrogens is 3. The fraction of sp³-hybridized carbons (Fsp3) is 0.615. The first-order chi connectivity index (χ1) is 8.84. The molecule has 2 aliphatic rings. The quantitative estimate of drug-likeness (QED) is 0.741. The van der Waals surface area contributed by atoms with Crippen molar-refractivity contribution < 1.29 is 4.79 Å².